The van der Waals surface area contributed by atoms with Crippen molar-refractivity contribution in [1.29, 1.82) is 0 Å². The van der Waals surface area contributed by atoms with Gasteiger partial charge in [-0.25, -0.2) is 14.8 Å². The number of hydrogen-bond donors (Lipinski definition) is 1. The molecule has 0 saturated carbocycles. The van der Waals surface area contributed by atoms with Gasteiger partial charge in [0.05, 0.1) is 12.4 Å². The molecule has 0 bridgehead atoms. The number of likely N-dealkylation sites (tertiary alicyclic amines) is 1. The lowest BCUT2D eigenvalue weighted by Gasteiger charge is -2.20. The van der Waals surface area contributed by atoms with Crippen molar-refractivity contribution in [2.75, 3.05) is 6.54 Å². The Labute approximate surface area is 102 Å². The molecule has 0 radical (unpaired) electrons. The van der Waals surface area contributed by atoms with Crippen molar-refractivity contribution in [1.82, 2.24) is 14.9 Å². The molecule has 1 aromatic rings. The Morgan fingerprint density at radius 2 is 2.18 bits per heavy atom. The van der Waals surface area contributed by atoms with Crippen LogP contribution in [0.25, 0.3) is 0 Å². The van der Waals surface area contributed by atoms with Gasteiger partial charge < -0.3 is 10.0 Å². The molecule has 1 aliphatic heterocycles. The smallest absolute Gasteiger partial charge is 0.326 e. The van der Waals surface area contributed by atoms with Crippen molar-refractivity contribution in [2.45, 2.75) is 18.9 Å². The first-order valence-electron chi connectivity index (χ1n) is 5.11. The first-order chi connectivity index (χ1) is 8.09. The molecule has 0 unspecified atom stereocenters. The van der Waals surface area contributed by atoms with Gasteiger partial charge >= 0.3 is 5.97 Å². The second-order valence-electron chi connectivity index (χ2n) is 3.72. The number of carboxylic acid groups (broad SMARTS) is 1. The Balaban J connectivity index is 2.19. The molecular formula is C10H10ClN3O3. The average molecular weight is 256 g/mol. The molecule has 0 aliphatic carbocycles. The van der Waals surface area contributed by atoms with Crippen LogP contribution in [0.4, 0.5) is 0 Å². The highest BCUT2D eigenvalue weighted by Crippen LogP contribution is 2.19. The molecule has 90 valence electrons. The second kappa shape index (κ2) is 4.67. The highest BCUT2D eigenvalue weighted by molar-refractivity contribution is 6.29. The Morgan fingerprint density at radius 3 is 2.76 bits per heavy atom. The number of carbonyl (C=O) groups is 2. The summed E-state index contributed by atoms with van der Waals surface area (Å²) in [6, 6.07) is -0.764. The molecule has 0 spiro atoms. The first kappa shape index (κ1) is 11.8. The summed E-state index contributed by atoms with van der Waals surface area (Å²) in [5.74, 6) is -1.41. The largest absolute Gasteiger partial charge is 0.480 e. The fourth-order valence-corrected chi connectivity index (χ4v) is 1.93. The van der Waals surface area contributed by atoms with Crippen LogP contribution in [-0.4, -0.2) is 44.4 Å². The van der Waals surface area contributed by atoms with Crippen molar-refractivity contribution in [3.63, 3.8) is 0 Å². The van der Waals surface area contributed by atoms with Crippen LogP contribution >= 0.6 is 11.6 Å². The van der Waals surface area contributed by atoms with Crippen molar-refractivity contribution >= 4 is 23.5 Å². The van der Waals surface area contributed by atoms with E-state index in [1.807, 2.05) is 0 Å². The molecule has 17 heavy (non-hydrogen) atoms. The van der Waals surface area contributed by atoms with Crippen LogP contribution in [0.1, 0.15) is 23.3 Å². The van der Waals surface area contributed by atoms with Gasteiger partial charge in [-0.1, -0.05) is 11.6 Å². The van der Waals surface area contributed by atoms with E-state index >= 15 is 0 Å². The minimum Gasteiger partial charge on any atom is -0.480 e. The van der Waals surface area contributed by atoms with Gasteiger partial charge in [-0.3, -0.25) is 4.79 Å². The van der Waals surface area contributed by atoms with E-state index in [0.717, 1.165) is 0 Å². The quantitative estimate of drug-likeness (QED) is 0.846. The standard InChI is InChI=1S/C10H10ClN3O3/c11-8-5-12-6(4-13-8)9(15)14-3-1-2-7(14)10(16)17/h4-5,7H,1-3H2,(H,16,17)/t7-/m1/s1. The van der Waals surface area contributed by atoms with E-state index in [1.165, 1.54) is 17.3 Å². The van der Waals surface area contributed by atoms with Gasteiger partial charge in [-0.2, -0.15) is 0 Å². The van der Waals surface area contributed by atoms with Crippen LogP contribution in [-0.2, 0) is 4.79 Å². The summed E-state index contributed by atoms with van der Waals surface area (Å²) in [6.45, 7) is 0.431. The van der Waals surface area contributed by atoms with E-state index in [4.69, 9.17) is 16.7 Å². The van der Waals surface area contributed by atoms with Crippen LogP contribution in [0.3, 0.4) is 0 Å². The number of carbonyl (C=O) groups excluding carboxylic acids is 1. The summed E-state index contributed by atoms with van der Waals surface area (Å²) < 4.78 is 0. The molecule has 1 aliphatic rings. The van der Waals surface area contributed by atoms with Gasteiger partial charge in [0.15, 0.2) is 0 Å². The lowest BCUT2D eigenvalue weighted by atomic mass is 10.2. The van der Waals surface area contributed by atoms with Crippen LogP contribution in [0.5, 0.6) is 0 Å². The van der Waals surface area contributed by atoms with E-state index in [1.54, 1.807) is 0 Å². The number of aliphatic carboxylic acids is 1. The highest BCUT2D eigenvalue weighted by Gasteiger charge is 2.34. The number of halogens is 1. The summed E-state index contributed by atoms with van der Waals surface area (Å²) in [5.41, 5.74) is 0.113. The van der Waals surface area contributed by atoms with Crippen molar-refractivity contribution in [3.05, 3.63) is 23.2 Å². The summed E-state index contributed by atoms with van der Waals surface area (Å²) in [6.07, 6.45) is 3.67. The van der Waals surface area contributed by atoms with Crippen LogP contribution < -0.4 is 0 Å². The Bertz CT molecular complexity index is 449. The van der Waals surface area contributed by atoms with E-state index < -0.39 is 17.9 Å². The lowest BCUT2D eigenvalue weighted by Crippen LogP contribution is -2.40. The molecular weight excluding hydrogens is 246 g/mol. The maximum Gasteiger partial charge on any atom is 0.326 e. The number of amides is 1. The fourth-order valence-electron chi connectivity index (χ4n) is 1.84. The first-order valence-corrected chi connectivity index (χ1v) is 5.48. The van der Waals surface area contributed by atoms with Gasteiger partial charge in [0.2, 0.25) is 0 Å². The molecule has 1 saturated heterocycles. The topological polar surface area (TPSA) is 83.4 Å². The van der Waals surface area contributed by atoms with Crippen LogP contribution in [0, 0.1) is 0 Å². The van der Waals surface area contributed by atoms with E-state index in [0.29, 0.717) is 19.4 Å². The number of aromatic nitrogens is 2. The fraction of sp³-hybridized carbons (Fsp3) is 0.400. The summed E-state index contributed by atoms with van der Waals surface area (Å²) in [7, 11) is 0. The third kappa shape index (κ3) is 2.36. The third-order valence-corrected chi connectivity index (χ3v) is 2.83. The summed E-state index contributed by atoms with van der Waals surface area (Å²) in [5, 5.41) is 9.16. The molecule has 1 atom stereocenters. The van der Waals surface area contributed by atoms with E-state index in [2.05, 4.69) is 9.97 Å². The minimum atomic E-state index is -0.988. The zero-order chi connectivity index (χ0) is 12.4. The van der Waals surface area contributed by atoms with Crippen molar-refractivity contribution in [2.24, 2.45) is 0 Å². The second-order valence-corrected chi connectivity index (χ2v) is 4.11. The molecule has 1 N–H and O–H groups in total. The van der Waals surface area contributed by atoms with Crippen LogP contribution in [0.2, 0.25) is 5.15 Å². The Kier molecular flexibility index (Phi) is 3.23. The predicted molar refractivity (Wildman–Crippen MR) is 58.7 cm³/mol. The molecule has 1 aromatic heterocycles. The van der Waals surface area contributed by atoms with Gasteiger partial charge in [0.1, 0.15) is 16.9 Å². The zero-order valence-corrected chi connectivity index (χ0v) is 9.59. The van der Waals surface area contributed by atoms with Crippen molar-refractivity contribution in [3.8, 4) is 0 Å². The minimum absolute atomic E-state index is 0.113. The number of hydrogen-bond acceptors (Lipinski definition) is 4. The predicted octanol–water partition coefficient (Wildman–Crippen LogP) is 0.819. The van der Waals surface area contributed by atoms with Gasteiger partial charge in [0, 0.05) is 6.54 Å². The van der Waals surface area contributed by atoms with Crippen molar-refractivity contribution < 1.29 is 14.7 Å². The number of nitrogens with zero attached hydrogens (tertiary/aromatic N) is 3. The third-order valence-electron chi connectivity index (χ3n) is 2.64. The SMILES string of the molecule is O=C(O)[C@H]1CCCN1C(=O)c1cnc(Cl)cn1. The highest BCUT2D eigenvalue weighted by atomic mass is 35.5. The lowest BCUT2D eigenvalue weighted by molar-refractivity contribution is -0.141. The maximum atomic E-state index is 12.0. The monoisotopic (exact) mass is 255 g/mol. The van der Waals surface area contributed by atoms with Gasteiger partial charge in [-0.15, -0.1) is 0 Å². The van der Waals surface area contributed by atoms with Crippen LogP contribution in [0.15, 0.2) is 12.4 Å². The molecule has 2 rings (SSSR count). The Morgan fingerprint density at radius 1 is 1.41 bits per heavy atom. The summed E-state index contributed by atoms with van der Waals surface area (Å²) in [4.78, 5) is 31.8. The Hall–Kier alpha value is -1.69. The maximum absolute atomic E-state index is 12.0. The molecule has 0 aromatic carbocycles. The molecule has 1 amide bonds. The van der Waals surface area contributed by atoms with Gasteiger partial charge in [0.25, 0.3) is 5.91 Å². The molecule has 6 nitrogen and oxygen atoms in total. The molecule has 1 fully saturated rings. The summed E-state index contributed by atoms with van der Waals surface area (Å²) >= 11 is 5.56. The molecule has 2 heterocycles. The average Bonchev–Trinajstić information content (AvgIpc) is 2.78. The number of rotatable bonds is 2. The zero-order valence-electron chi connectivity index (χ0n) is 8.84. The number of carboxylic acids is 1. The van der Waals surface area contributed by atoms with E-state index in [9.17, 15) is 9.59 Å². The normalized spacial score (nSPS) is 19.4. The van der Waals surface area contributed by atoms with E-state index in [-0.39, 0.29) is 10.8 Å². The van der Waals surface area contributed by atoms with Gasteiger partial charge in [-0.05, 0) is 12.8 Å². The molecule has 7 heteroatoms.